The quantitative estimate of drug-likeness (QED) is 0.453. The van der Waals surface area contributed by atoms with Crippen LogP contribution in [0.3, 0.4) is 0 Å². The first-order valence-corrected chi connectivity index (χ1v) is 13.0. The number of nitrogens with zero attached hydrogens (tertiary/aromatic N) is 4. The van der Waals surface area contributed by atoms with Crippen LogP contribution in [-0.2, 0) is 11.3 Å². The zero-order valence-corrected chi connectivity index (χ0v) is 22.2. The molecule has 2 aliphatic rings. The van der Waals surface area contributed by atoms with E-state index < -0.39 is 6.09 Å². The lowest BCUT2D eigenvalue weighted by atomic mass is 9.97. The molecule has 0 unspecified atom stereocenters. The van der Waals surface area contributed by atoms with Gasteiger partial charge in [0.25, 0.3) is 5.91 Å². The Bertz CT molecular complexity index is 1400. The standard InChI is InChI=1S/C27H26Cl2FN5O3/c1-38-27(37)33-15-18(13-17-5-8-20(30)9-6-17)25-21(16-33)24(26(36)32-34-11-3-2-4-12-34)31-35(25)23-10-7-19(28)14-22(23)29/h5-10,13-14H,2-4,11-12,15-16H2,1H3,(H,32,36). The minimum absolute atomic E-state index is 0.108. The van der Waals surface area contributed by atoms with Crippen molar-refractivity contribution in [3.8, 4) is 5.69 Å². The SMILES string of the molecule is COC(=O)N1CC(=Cc2ccc(F)cc2)c2c(c(C(=O)NN3CCCCC3)nn2-c2ccc(Cl)cc2Cl)C1. The number of methoxy groups -OCH3 is 1. The number of carbonyl (C=O) groups excluding carboxylic acids is 2. The van der Waals surface area contributed by atoms with Gasteiger partial charge in [0.05, 0.1) is 36.6 Å². The van der Waals surface area contributed by atoms with Crippen LogP contribution >= 0.6 is 23.2 Å². The van der Waals surface area contributed by atoms with Gasteiger partial charge in [-0.2, -0.15) is 5.10 Å². The number of hydrogen-bond acceptors (Lipinski definition) is 5. The first-order valence-electron chi connectivity index (χ1n) is 12.3. The topological polar surface area (TPSA) is 79.7 Å². The maximum atomic E-state index is 13.6. The third-order valence-electron chi connectivity index (χ3n) is 6.61. The van der Waals surface area contributed by atoms with Crippen LogP contribution in [0.15, 0.2) is 42.5 Å². The molecule has 2 aromatic carbocycles. The maximum Gasteiger partial charge on any atom is 0.410 e. The van der Waals surface area contributed by atoms with E-state index in [-0.39, 0.29) is 30.5 Å². The van der Waals surface area contributed by atoms with Gasteiger partial charge in [0.2, 0.25) is 0 Å². The van der Waals surface area contributed by atoms with Crippen molar-refractivity contribution < 1.29 is 18.7 Å². The molecule has 11 heteroatoms. The highest BCUT2D eigenvalue weighted by atomic mass is 35.5. The van der Waals surface area contributed by atoms with E-state index in [1.165, 1.54) is 24.1 Å². The van der Waals surface area contributed by atoms with E-state index >= 15 is 0 Å². The number of carbonyl (C=O) groups is 2. The second-order valence-electron chi connectivity index (χ2n) is 9.22. The average Bonchev–Trinajstić information content (AvgIpc) is 3.30. The molecule has 0 bridgehead atoms. The third-order valence-corrected chi connectivity index (χ3v) is 7.15. The average molecular weight is 558 g/mol. The van der Waals surface area contributed by atoms with E-state index in [4.69, 9.17) is 33.0 Å². The smallest absolute Gasteiger partial charge is 0.410 e. The van der Waals surface area contributed by atoms with E-state index in [0.717, 1.165) is 32.4 Å². The lowest BCUT2D eigenvalue weighted by molar-refractivity contribution is 0.0741. The monoisotopic (exact) mass is 557 g/mol. The summed E-state index contributed by atoms with van der Waals surface area (Å²) in [5.74, 6) is -0.734. The van der Waals surface area contributed by atoms with E-state index in [1.54, 1.807) is 35.0 Å². The van der Waals surface area contributed by atoms with Gasteiger partial charge in [0, 0.05) is 23.7 Å². The predicted octanol–water partition coefficient (Wildman–Crippen LogP) is 5.57. The van der Waals surface area contributed by atoms with Crippen LogP contribution in [0.25, 0.3) is 17.3 Å². The van der Waals surface area contributed by atoms with Crippen molar-refractivity contribution >= 4 is 46.9 Å². The number of piperidine rings is 1. The van der Waals surface area contributed by atoms with Crippen molar-refractivity contribution in [3.05, 3.63) is 80.8 Å². The first kappa shape index (κ1) is 26.2. The Labute approximate surface area is 229 Å². The van der Waals surface area contributed by atoms with Crippen molar-refractivity contribution in [2.24, 2.45) is 0 Å². The van der Waals surface area contributed by atoms with E-state index in [0.29, 0.717) is 38.1 Å². The summed E-state index contributed by atoms with van der Waals surface area (Å²) in [6.07, 6.45) is 4.40. The molecule has 1 saturated heterocycles. The van der Waals surface area contributed by atoms with Crippen LogP contribution in [0, 0.1) is 5.82 Å². The Morgan fingerprint density at radius 2 is 1.79 bits per heavy atom. The molecule has 0 atom stereocenters. The number of benzene rings is 2. The zero-order valence-electron chi connectivity index (χ0n) is 20.7. The number of nitrogens with one attached hydrogen (secondary N) is 1. The number of amides is 2. The highest BCUT2D eigenvalue weighted by Crippen LogP contribution is 2.36. The van der Waals surface area contributed by atoms with Crippen LogP contribution in [0.2, 0.25) is 10.0 Å². The van der Waals surface area contributed by atoms with Crippen LogP contribution in [0.5, 0.6) is 0 Å². The summed E-state index contributed by atoms with van der Waals surface area (Å²) in [5.41, 5.74) is 6.25. The fraction of sp³-hybridized carbons (Fsp3) is 0.296. The van der Waals surface area contributed by atoms with Crippen molar-refractivity contribution in [2.45, 2.75) is 25.8 Å². The van der Waals surface area contributed by atoms with Gasteiger partial charge >= 0.3 is 6.09 Å². The molecule has 1 aromatic heterocycles. The molecular formula is C27H26Cl2FN5O3. The highest BCUT2D eigenvalue weighted by molar-refractivity contribution is 6.35. The molecule has 0 aliphatic carbocycles. The maximum absolute atomic E-state index is 13.6. The van der Waals surface area contributed by atoms with Crippen molar-refractivity contribution in [3.63, 3.8) is 0 Å². The Balaban J connectivity index is 1.68. The van der Waals surface area contributed by atoms with Crippen LogP contribution in [0.1, 0.15) is 46.6 Å². The minimum Gasteiger partial charge on any atom is -0.453 e. The third kappa shape index (κ3) is 5.41. The normalized spacial score (nSPS) is 16.8. The Morgan fingerprint density at radius 1 is 1.05 bits per heavy atom. The Morgan fingerprint density at radius 3 is 2.47 bits per heavy atom. The Kier molecular flexibility index (Phi) is 7.69. The van der Waals surface area contributed by atoms with Gasteiger partial charge in [-0.25, -0.2) is 18.9 Å². The number of ether oxygens (including phenoxy) is 1. The molecule has 0 spiro atoms. The van der Waals surface area contributed by atoms with Crippen LogP contribution < -0.4 is 5.43 Å². The molecule has 2 amide bonds. The zero-order chi connectivity index (χ0) is 26.8. The molecular weight excluding hydrogens is 532 g/mol. The van der Waals surface area contributed by atoms with E-state index in [1.807, 2.05) is 11.1 Å². The van der Waals surface area contributed by atoms with Crippen molar-refractivity contribution in [2.75, 3.05) is 26.7 Å². The molecule has 0 saturated carbocycles. The number of rotatable bonds is 4. The minimum atomic E-state index is -0.541. The van der Waals surface area contributed by atoms with Gasteiger partial charge in [0.15, 0.2) is 5.69 Å². The molecule has 198 valence electrons. The number of halogens is 3. The fourth-order valence-electron chi connectivity index (χ4n) is 4.80. The molecule has 1 fully saturated rings. The fourth-order valence-corrected chi connectivity index (χ4v) is 5.29. The molecule has 3 aromatic rings. The Hall–Kier alpha value is -3.40. The van der Waals surface area contributed by atoms with Gasteiger partial charge in [0.1, 0.15) is 5.82 Å². The van der Waals surface area contributed by atoms with E-state index in [9.17, 15) is 14.0 Å². The van der Waals surface area contributed by atoms with Gasteiger partial charge in [-0.1, -0.05) is 41.8 Å². The lowest BCUT2D eigenvalue weighted by Gasteiger charge is -2.29. The van der Waals surface area contributed by atoms with Gasteiger partial charge < -0.3 is 4.74 Å². The van der Waals surface area contributed by atoms with Gasteiger partial charge in [-0.15, -0.1) is 0 Å². The molecule has 5 rings (SSSR count). The summed E-state index contributed by atoms with van der Waals surface area (Å²) in [5, 5.41) is 7.42. The predicted molar refractivity (Wildman–Crippen MR) is 144 cm³/mol. The number of fused-ring (bicyclic) bond motifs is 1. The molecule has 38 heavy (non-hydrogen) atoms. The van der Waals surface area contributed by atoms with E-state index in [2.05, 4.69) is 5.43 Å². The summed E-state index contributed by atoms with van der Waals surface area (Å²) >= 11 is 12.7. The summed E-state index contributed by atoms with van der Waals surface area (Å²) in [6.45, 7) is 1.79. The second-order valence-corrected chi connectivity index (χ2v) is 10.1. The molecule has 2 aliphatic heterocycles. The largest absolute Gasteiger partial charge is 0.453 e. The summed E-state index contributed by atoms with van der Waals surface area (Å²) in [6, 6.07) is 11.0. The van der Waals surface area contributed by atoms with Gasteiger partial charge in [-0.05, 0) is 60.4 Å². The molecule has 1 N–H and O–H groups in total. The summed E-state index contributed by atoms with van der Waals surface area (Å²) < 4.78 is 20.2. The first-order chi connectivity index (χ1) is 18.3. The summed E-state index contributed by atoms with van der Waals surface area (Å²) in [4.78, 5) is 27.7. The molecule has 0 radical (unpaired) electrons. The van der Waals surface area contributed by atoms with Crippen LogP contribution in [0.4, 0.5) is 9.18 Å². The molecule has 3 heterocycles. The van der Waals surface area contributed by atoms with Crippen molar-refractivity contribution in [1.82, 2.24) is 25.1 Å². The lowest BCUT2D eigenvalue weighted by Crippen LogP contribution is -2.45. The molecule has 8 nitrogen and oxygen atoms in total. The second kappa shape index (κ2) is 11.1. The van der Waals surface area contributed by atoms with Gasteiger partial charge in [-0.3, -0.25) is 15.1 Å². The highest BCUT2D eigenvalue weighted by Gasteiger charge is 2.34. The summed E-state index contributed by atoms with van der Waals surface area (Å²) in [7, 11) is 1.31. The number of hydrazine groups is 1. The number of aromatic nitrogens is 2. The number of hydrogen-bond donors (Lipinski definition) is 1. The van der Waals surface area contributed by atoms with Crippen LogP contribution in [-0.4, -0.2) is 58.4 Å². The van der Waals surface area contributed by atoms with Crippen molar-refractivity contribution in [1.29, 1.82) is 0 Å².